The third-order valence-electron chi connectivity index (χ3n) is 1.60. The smallest absolute Gasteiger partial charge is 0.261 e. The Kier molecular flexibility index (Phi) is 5.63. The van der Waals surface area contributed by atoms with Gasteiger partial charge in [0.1, 0.15) is 0 Å². The Morgan fingerprint density at radius 2 is 1.76 bits per heavy atom. The maximum Gasteiger partial charge on any atom is 0.261 e. The molecule has 0 saturated carbocycles. The number of nitrogens with zero attached hydrogens (tertiary/aromatic N) is 1. The van der Waals surface area contributed by atoms with E-state index < -0.39 is 10.1 Å². The monoisotopic (exact) mass is 259 g/mol. The highest BCUT2D eigenvalue weighted by molar-refractivity contribution is 7.85. The summed E-state index contributed by atoms with van der Waals surface area (Å²) in [6.07, 6.45) is 0.715. The molecule has 1 aromatic carbocycles. The normalized spacial score (nSPS) is 10.1. The number of hydrogen-bond donors (Lipinski definition) is 3. The first-order valence-electron chi connectivity index (χ1n) is 4.69. The second-order valence-corrected chi connectivity index (χ2v) is 5.03. The number of guanidine groups is 1. The van der Waals surface area contributed by atoms with Crippen molar-refractivity contribution >= 4 is 21.8 Å². The molecule has 1 aromatic rings. The molecule has 0 heterocycles. The summed E-state index contributed by atoms with van der Waals surface area (Å²) in [6, 6.07) is 5.93. The fourth-order valence-corrected chi connectivity index (χ4v) is 1.07. The Labute approximate surface area is 101 Å². The van der Waals surface area contributed by atoms with Gasteiger partial charge in [-0.05, 0) is 25.5 Å². The van der Waals surface area contributed by atoms with Gasteiger partial charge in [-0.15, -0.1) is 0 Å². The van der Waals surface area contributed by atoms with Crippen LogP contribution in [0.5, 0.6) is 0 Å². The summed E-state index contributed by atoms with van der Waals surface area (Å²) < 4.78 is 25.9. The van der Waals surface area contributed by atoms with Crippen LogP contribution in [0.2, 0.25) is 0 Å². The minimum absolute atomic E-state index is 0.0990. The van der Waals surface area contributed by atoms with E-state index in [9.17, 15) is 8.42 Å². The molecule has 5 N–H and O–H groups in total. The fraction of sp³-hybridized carbons (Fsp3) is 0.300. The Morgan fingerprint density at radius 3 is 2.12 bits per heavy atom. The second kappa shape index (κ2) is 6.21. The zero-order valence-electron chi connectivity index (χ0n) is 10.0. The highest BCUT2D eigenvalue weighted by Crippen LogP contribution is 2.18. The number of rotatable bonds is 1. The summed E-state index contributed by atoms with van der Waals surface area (Å²) >= 11 is 0. The maximum atomic E-state index is 9.19. The average molecular weight is 259 g/mol. The predicted molar refractivity (Wildman–Crippen MR) is 68.9 cm³/mol. The van der Waals surface area contributed by atoms with Crippen LogP contribution < -0.4 is 11.5 Å². The average Bonchev–Trinajstić information content (AvgIpc) is 2.06. The molecule has 0 spiro atoms. The van der Waals surface area contributed by atoms with E-state index in [-0.39, 0.29) is 5.96 Å². The molecule has 0 unspecified atom stereocenters. The van der Waals surface area contributed by atoms with E-state index >= 15 is 0 Å². The predicted octanol–water partition coefficient (Wildman–Crippen LogP) is 0.712. The van der Waals surface area contributed by atoms with Crippen LogP contribution in [-0.2, 0) is 10.1 Å². The van der Waals surface area contributed by atoms with Gasteiger partial charge in [0.05, 0.1) is 11.9 Å². The van der Waals surface area contributed by atoms with Crippen LogP contribution in [0.4, 0.5) is 5.69 Å². The Hall–Kier alpha value is -1.60. The molecule has 0 aromatic heterocycles. The van der Waals surface area contributed by atoms with E-state index in [4.69, 9.17) is 16.0 Å². The van der Waals surface area contributed by atoms with Crippen molar-refractivity contribution in [2.75, 3.05) is 6.26 Å². The van der Waals surface area contributed by atoms with Gasteiger partial charge in [0.2, 0.25) is 0 Å². The Balaban J connectivity index is 0.000000437. The summed E-state index contributed by atoms with van der Waals surface area (Å²) in [5.41, 5.74) is 13.6. The van der Waals surface area contributed by atoms with Crippen LogP contribution in [0.3, 0.4) is 0 Å². The molecular formula is C10H17N3O3S. The van der Waals surface area contributed by atoms with Gasteiger partial charge in [0.15, 0.2) is 5.96 Å². The van der Waals surface area contributed by atoms with Crippen molar-refractivity contribution in [3.05, 3.63) is 29.3 Å². The van der Waals surface area contributed by atoms with Crippen molar-refractivity contribution < 1.29 is 13.0 Å². The molecule has 0 atom stereocenters. The van der Waals surface area contributed by atoms with E-state index in [0.29, 0.717) is 6.26 Å². The molecule has 0 aliphatic rings. The maximum absolute atomic E-state index is 9.19. The van der Waals surface area contributed by atoms with Crippen LogP contribution in [0.1, 0.15) is 11.1 Å². The standard InChI is InChI=1S/C9H13N3.CH4O3S/c1-6-3-4-8(7(2)5-6)12-9(10)11;1-5(2,3)4/h3-5H,1-2H3,(H4,10,11,12);1H3,(H,2,3,4). The van der Waals surface area contributed by atoms with Crippen LogP contribution in [-0.4, -0.2) is 25.2 Å². The fourth-order valence-electron chi connectivity index (χ4n) is 1.07. The van der Waals surface area contributed by atoms with E-state index in [0.717, 1.165) is 11.3 Å². The quantitative estimate of drug-likeness (QED) is 0.390. The van der Waals surface area contributed by atoms with Gasteiger partial charge in [0.25, 0.3) is 10.1 Å². The third kappa shape index (κ3) is 9.34. The zero-order valence-corrected chi connectivity index (χ0v) is 10.8. The minimum atomic E-state index is -3.67. The van der Waals surface area contributed by atoms with Gasteiger partial charge in [-0.3, -0.25) is 4.55 Å². The van der Waals surface area contributed by atoms with Gasteiger partial charge in [-0.2, -0.15) is 8.42 Å². The van der Waals surface area contributed by atoms with Crippen molar-refractivity contribution in [2.45, 2.75) is 13.8 Å². The molecule has 7 heteroatoms. The van der Waals surface area contributed by atoms with Crippen LogP contribution >= 0.6 is 0 Å². The molecule has 0 aliphatic heterocycles. The van der Waals surface area contributed by atoms with Crippen molar-refractivity contribution in [1.82, 2.24) is 0 Å². The van der Waals surface area contributed by atoms with Crippen molar-refractivity contribution in [2.24, 2.45) is 16.5 Å². The molecule has 6 nitrogen and oxygen atoms in total. The number of aliphatic imine (C=N–C) groups is 1. The molecule has 0 aliphatic carbocycles. The van der Waals surface area contributed by atoms with Gasteiger partial charge >= 0.3 is 0 Å². The second-order valence-electron chi connectivity index (χ2n) is 3.56. The SMILES string of the molecule is CS(=O)(=O)O.Cc1ccc(N=C(N)N)c(C)c1. The minimum Gasteiger partial charge on any atom is -0.370 e. The van der Waals surface area contributed by atoms with Crippen LogP contribution in [0, 0.1) is 13.8 Å². The first kappa shape index (κ1) is 15.4. The highest BCUT2D eigenvalue weighted by Gasteiger charge is 1.95. The van der Waals surface area contributed by atoms with E-state index in [1.165, 1.54) is 5.56 Å². The lowest BCUT2D eigenvalue weighted by molar-refractivity contribution is 0.490. The molecule has 0 fully saturated rings. The van der Waals surface area contributed by atoms with Gasteiger partial charge in [0, 0.05) is 0 Å². The number of benzene rings is 1. The zero-order chi connectivity index (χ0) is 13.6. The van der Waals surface area contributed by atoms with Crippen LogP contribution in [0.15, 0.2) is 23.2 Å². The summed E-state index contributed by atoms with van der Waals surface area (Å²) in [5.74, 6) is 0.0990. The van der Waals surface area contributed by atoms with Gasteiger partial charge in [-0.1, -0.05) is 17.7 Å². The lowest BCUT2D eigenvalue weighted by Crippen LogP contribution is -2.21. The molecule has 0 bridgehead atoms. The Morgan fingerprint density at radius 1 is 1.29 bits per heavy atom. The summed E-state index contributed by atoms with van der Waals surface area (Å²) in [5, 5.41) is 0. The van der Waals surface area contributed by atoms with Crippen molar-refractivity contribution in [1.29, 1.82) is 0 Å². The number of aryl methyl sites for hydroxylation is 2. The highest BCUT2D eigenvalue weighted by atomic mass is 32.2. The molecule has 0 amide bonds. The Bertz CT molecular complexity index is 498. The summed E-state index contributed by atoms with van der Waals surface area (Å²) in [6.45, 7) is 4.01. The van der Waals surface area contributed by atoms with Crippen LogP contribution in [0.25, 0.3) is 0 Å². The van der Waals surface area contributed by atoms with Crippen molar-refractivity contribution in [3.8, 4) is 0 Å². The summed E-state index contributed by atoms with van der Waals surface area (Å²) in [7, 11) is -3.67. The van der Waals surface area contributed by atoms with E-state index in [1.54, 1.807) is 0 Å². The van der Waals surface area contributed by atoms with E-state index in [1.807, 2.05) is 32.0 Å². The van der Waals surface area contributed by atoms with Gasteiger partial charge < -0.3 is 11.5 Å². The first-order valence-corrected chi connectivity index (χ1v) is 6.54. The van der Waals surface area contributed by atoms with E-state index in [2.05, 4.69) is 4.99 Å². The lowest BCUT2D eigenvalue weighted by Gasteiger charge is -2.01. The topological polar surface area (TPSA) is 119 Å². The largest absolute Gasteiger partial charge is 0.370 e. The number of nitrogens with two attached hydrogens (primary N) is 2. The van der Waals surface area contributed by atoms with Gasteiger partial charge in [-0.25, -0.2) is 4.99 Å². The summed E-state index contributed by atoms with van der Waals surface area (Å²) in [4.78, 5) is 3.97. The third-order valence-corrected chi connectivity index (χ3v) is 1.60. The molecule has 0 saturated heterocycles. The molecule has 1 rings (SSSR count). The number of hydrogen-bond acceptors (Lipinski definition) is 3. The first-order chi connectivity index (χ1) is 7.59. The lowest BCUT2D eigenvalue weighted by atomic mass is 10.1. The van der Waals surface area contributed by atoms with Crippen molar-refractivity contribution in [3.63, 3.8) is 0 Å². The molecule has 96 valence electrons. The molecule has 0 radical (unpaired) electrons. The molecular weight excluding hydrogens is 242 g/mol. The molecule has 17 heavy (non-hydrogen) atoms.